The van der Waals surface area contributed by atoms with Gasteiger partial charge in [0.15, 0.2) is 0 Å². The van der Waals surface area contributed by atoms with Crippen molar-refractivity contribution in [1.82, 2.24) is 5.32 Å². The van der Waals surface area contributed by atoms with E-state index in [9.17, 15) is 4.79 Å². The minimum atomic E-state index is -0.248. The highest BCUT2D eigenvalue weighted by atomic mass is 16.5. The van der Waals surface area contributed by atoms with Crippen LogP contribution in [-0.4, -0.2) is 44.9 Å². The largest absolute Gasteiger partial charge is 0.385 e. The molecule has 0 unspecified atom stereocenters. The normalized spacial score (nSPS) is 19.4. The Hall–Kier alpha value is -0.650. The lowest BCUT2D eigenvalue weighted by molar-refractivity contribution is -0.124. The molecule has 0 aromatic heterocycles. The van der Waals surface area contributed by atoms with Gasteiger partial charge in [0, 0.05) is 39.9 Å². The van der Waals surface area contributed by atoms with Gasteiger partial charge in [-0.2, -0.15) is 0 Å². The summed E-state index contributed by atoms with van der Waals surface area (Å²) < 4.78 is 10.2. The quantitative estimate of drug-likeness (QED) is 0.632. The zero-order valence-electron chi connectivity index (χ0n) is 9.96. The number of nitrogens with two attached hydrogens (primary N) is 1. The van der Waals surface area contributed by atoms with E-state index in [2.05, 4.69) is 5.32 Å². The fraction of sp³-hybridized carbons (Fsp3) is 0.909. The maximum atomic E-state index is 11.7. The first-order valence-corrected chi connectivity index (χ1v) is 5.80. The van der Waals surface area contributed by atoms with Crippen LogP contribution in [0.25, 0.3) is 0 Å². The van der Waals surface area contributed by atoms with Crippen LogP contribution in [0, 0.1) is 0 Å². The van der Waals surface area contributed by atoms with Crippen molar-refractivity contribution in [2.24, 2.45) is 5.73 Å². The Bertz CT molecular complexity index is 215. The van der Waals surface area contributed by atoms with Crippen LogP contribution >= 0.6 is 0 Å². The SMILES string of the molecule is COCCCC(=O)NC1(CN)CCOCC1. The lowest BCUT2D eigenvalue weighted by Crippen LogP contribution is -2.56. The van der Waals surface area contributed by atoms with E-state index in [0.29, 0.717) is 32.8 Å². The summed E-state index contributed by atoms with van der Waals surface area (Å²) in [5, 5.41) is 3.04. The molecule has 1 aliphatic rings. The van der Waals surface area contributed by atoms with E-state index in [0.717, 1.165) is 19.3 Å². The van der Waals surface area contributed by atoms with Crippen LogP contribution in [-0.2, 0) is 14.3 Å². The number of amides is 1. The highest BCUT2D eigenvalue weighted by molar-refractivity contribution is 5.76. The predicted octanol–water partition coefficient (Wildman–Crippen LogP) is 0.0371. The fourth-order valence-corrected chi connectivity index (χ4v) is 1.88. The summed E-state index contributed by atoms with van der Waals surface area (Å²) in [5.41, 5.74) is 5.50. The molecule has 0 spiro atoms. The summed E-state index contributed by atoms with van der Waals surface area (Å²) >= 11 is 0. The molecule has 1 aliphatic heterocycles. The topological polar surface area (TPSA) is 73.6 Å². The minimum absolute atomic E-state index is 0.0596. The van der Waals surface area contributed by atoms with Crippen molar-refractivity contribution in [2.45, 2.75) is 31.2 Å². The molecule has 0 aromatic rings. The van der Waals surface area contributed by atoms with Crippen LogP contribution in [0.15, 0.2) is 0 Å². The van der Waals surface area contributed by atoms with Gasteiger partial charge >= 0.3 is 0 Å². The Morgan fingerprint density at radius 3 is 2.75 bits per heavy atom. The van der Waals surface area contributed by atoms with Crippen LogP contribution < -0.4 is 11.1 Å². The molecule has 0 bridgehead atoms. The molecule has 5 heteroatoms. The Balaban J connectivity index is 2.33. The van der Waals surface area contributed by atoms with E-state index < -0.39 is 0 Å². The van der Waals surface area contributed by atoms with E-state index in [1.807, 2.05) is 0 Å². The lowest BCUT2D eigenvalue weighted by atomic mass is 9.90. The van der Waals surface area contributed by atoms with Gasteiger partial charge in [0.05, 0.1) is 5.54 Å². The number of methoxy groups -OCH3 is 1. The first-order valence-electron chi connectivity index (χ1n) is 5.80. The van der Waals surface area contributed by atoms with Crippen LogP contribution in [0.2, 0.25) is 0 Å². The third kappa shape index (κ3) is 4.08. The molecule has 0 aliphatic carbocycles. The van der Waals surface area contributed by atoms with Gasteiger partial charge in [0.2, 0.25) is 5.91 Å². The average molecular weight is 230 g/mol. The molecule has 3 N–H and O–H groups in total. The molecule has 1 heterocycles. The fourth-order valence-electron chi connectivity index (χ4n) is 1.88. The van der Waals surface area contributed by atoms with Crippen molar-refractivity contribution >= 4 is 5.91 Å². The first-order chi connectivity index (χ1) is 7.72. The molecule has 0 radical (unpaired) electrons. The van der Waals surface area contributed by atoms with Gasteiger partial charge in [-0.3, -0.25) is 4.79 Å². The molecule has 0 saturated carbocycles. The maximum Gasteiger partial charge on any atom is 0.220 e. The van der Waals surface area contributed by atoms with Crippen molar-refractivity contribution in [3.05, 3.63) is 0 Å². The van der Waals surface area contributed by atoms with Gasteiger partial charge in [-0.05, 0) is 19.3 Å². The Morgan fingerprint density at radius 1 is 1.50 bits per heavy atom. The molecule has 16 heavy (non-hydrogen) atoms. The second kappa shape index (κ2) is 6.83. The number of ether oxygens (including phenoxy) is 2. The van der Waals surface area contributed by atoms with E-state index in [1.54, 1.807) is 7.11 Å². The zero-order valence-corrected chi connectivity index (χ0v) is 9.96. The monoisotopic (exact) mass is 230 g/mol. The van der Waals surface area contributed by atoms with Gasteiger partial charge in [-0.25, -0.2) is 0 Å². The highest BCUT2D eigenvalue weighted by Gasteiger charge is 2.32. The Labute approximate surface area is 96.7 Å². The van der Waals surface area contributed by atoms with Crippen LogP contribution in [0.4, 0.5) is 0 Å². The van der Waals surface area contributed by atoms with Gasteiger partial charge in [-0.1, -0.05) is 0 Å². The summed E-state index contributed by atoms with van der Waals surface area (Å²) in [6.07, 6.45) is 2.86. The third-order valence-electron chi connectivity index (χ3n) is 3.00. The van der Waals surface area contributed by atoms with Crippen LogP contribution in [0.5, 0.6) is 0 Å². The second-order valence-corrected chi connectivity index (χ2v) is 4.24. The molecule has 0 aromatic carbocycles. The van der Waals surface area contributed by atoms with E-state index in [1.165, 1.54) is 0 Å². The van der Waals surface area contributed by atoms with E-state index >= 15 is 0 Å². The summed E-state index contributed by atoms with van der Waals surface area (Å²) in [6.45, 7) is 2.45. The summed E-state index contributed by atoms with van der Waals surface area (Å²) in [7, 11) is 1.64. The molecule has 1 amide bonds. The molecular formula is C11H22N2O3. The number of carbonyl (C=O) groups is 1. The van der Waals surface area contributed by atoms with Crippen molar-refractivity contribution in [3.63, 3.8) is 0 Å². The number of hydrogen-bond acceptors (Lipinski definition) is 4. The molecular weight excluding hydrogens is 208 g/mol. The molecule has 0 atom stereocenters. The smallest absolute Gasteiger partial charge is 0.220 e. The summed E-state index contributed by atoms with van der Waals surface area (Å²) in [5.74, 6) is 0.0596. The van der Waals surface area contributed by atoms with Gasteiger partial charge < -0.3 is 20.5 Å². The predicted molar refractivity (Wildman–Crippen MR) is 61.1 cm³/mol. The third-order valence-corrected chi connectivity index (χ3v) is 3.00. The van der Waals surface area contributed by atoms with Crippen molar-refractivity contribution in [1.29, 1.82) is 0 Å². The van der Waals surface area contributed by atoms with Crippen molar-refractivity contribution < 1.29 is 14.3 Å². The standard InChI is InChI=1S/C11H22N2O3/c1-15-6-2-3-10(14)13-11(9-12)4-7-16-8-5-11/h2-9,12H2,1H3,(H,13,14). The molecule has 94 valence electrons. The molecule has 1 fully saturated rings. The van der Waals surface area contributed by atoms with E-state index in [-0.39, 0.29) is 11.4 Å². The van der Waals surface area contributed by atoms with Gasteiger partial charge in [0.25, 0.3) is 0 Å². The summed E-state index contributed by atoms with van der Waals surface area (Å²) in [4.78, 5) is 11.7. The van der Waals surface area contributed by atoms with Crippen LogP contribution in [0.1, 0.15) is 25.7 Å². The minimum Gasteiger partial charge on any atom is -0.385 e. The number of hydrogen-bond donors (Lipinski definition) is 2. The molecule has 1 saturated heterocycles. The zero-order chi connectivity index (χ0) is 11.9. The highest BCUT2D eigenvalue weighted by Crippen LogP contribution is 2.19. The lowest BCUT2D eigenvalue weighted by Gasteiger charge is -2.37. The number of carbonyl (C=O) groups excluding carboxylic acids is 1. The van der Waals surface area contributed by atoms with Crippen LogP contribution in [0.3, 0.4) is 0 Å². The first kappa shape index (κ1) is 13.4. The van der Waals surface area contributed by atoms with Crippen molar-refractivity contribution in [2.75, 3.05) is 33.5 Å². The molecule has 5 nitrogen and oxygen atoms in total. The van der Waals surface area contributed by atoms with Crippen molar-refractivity contribution in [3.8, 4) is 0 Å². The summed E-state index contributed by atoms with van der Waals surface area (Å²) in [6, 6.07) is 0. The maximum absolute atomic E-state index is 11.7. The Morgan fingerprint density at radius 2 is 2.19 bits per heavy atom. The second-order valence-electron chi connectivity index (χ2n) is 4.24. The van der Waals surface area contributed by atoms with Gasteiger partial charge in [0.1, 0.15) is 0 Å². The molecule has 1 rings (SSSR count). The number of rotatable bonds is 6. The average Bonchev–Trinajstić information content (AvgIpc) is 2.30. The number of nitrogens with one attached hydrogen (secondary N) is 1. The van der Waals surface area contributed by atoms with E-state index in [4.69, 9.17) is 15.2 Å². The Kier molecular flexibility index (Phi) is 5.73. The van der Waals surface area contributed by atoms with Gasteiger partial charge in [-0.15, -0.1) is 0 Å².